The van der Waals surface area contributed by atoms with Crippen molar-refractivity contribution in [1.82, 2.24) is 14.9 Å². The van der Waals surface area contributed by atoms with Crippen molar-refractivity contribution in [1.29, 1.82) is 5.26 Å². The highest BCUT2D eigenvalue weighted by molar-refractivity contribution is 5.54. The summed E-state index contributed by atoms with van der Waals surface area (Å²) in [5, 5.41) is 9.09. The Labute approximate surface area is 143 Å². The number of rotatable bonds is 2. The Kier molecular flexibility index (Phi) is 3.84. The monoisotopic (exact) mass is 342 g/mol. The molecule has 0 saturated carbocycles. The zero-order valence-corrected chi connectivity index (χ0v) is 13.5. The second-order valence-electron chi connectivity index (χ2n) is 6.15. The summed E-state index contributed by atoms with van der Waals surface area (Å²) in [6, 6.07) is 3.67. The van der Waals surface area contributed by atoms with Gasteiger partial charge in [0, 0.05) is 37.8 Å². The molecule has 8 heteroatoms. The fourth-order valence-electron chi connectivity index (χ4n) is 3.40. The topological polar surface area (TPSA) is 59.3 Å². The molecular formula is C17H16F2N6. The maximum absolute atomic E-state index is 14.0. The first kappa shape index (κ1) is 15.6. The molecule has 2 aliphatic rings. The summed E-state index contributed by atoms with van der Waals surface area (Å²) in [6.45, 7) is 3.61. The first-order chi connectivity index (χ1) is 12.2. The van der Waals surface area contributed by atoms with Crippen LogP contribution in [0.3, 0.4) is 0 Å². The molecule has 1 aromatic carbocycles. The van der Waals surface area contributed by atoms with Crippen molar-refractivity contribution in [3.05, 3.63) is 47.4 Å². The fraction of sp³-hybridized carbons (Fsp3) is 0.353. The largest absolute Gasteiger partial charge is 0.366 e. The number of anilines is 2. The molecule has 2 aliphatic heterocycles. The normalized spacial score (nSPS) is 16.8. The van der Waals surface area contributed by atoms with E-state index in [0.29, 0.717) is 45.0 Å². The summed E-state index contributed by atoms with van der Waals surface area (Å²) >= 11 is 0. The minimum Gasteiger partial charge on any atom is -0.366 e. The number of hydrogen-bond donors (Lipinski definition) is 0. The van der Waals surface area contributed by atoms with Gasteiger partial charge >= 0.3 is 0 Å². The van der Waals surface area contributed by atoms with Crippen LogP contribution in [0.4, 0.5) is 20.3 Å². The summed E-state index contributed by atoms with van der Waals surface area (Å²) in [5.74, 6) is -0.263. The Balaban J connectivity index is 1.50. The highest BCUT2D eigenvalue weighted by atomic mass is 19.1. The van der Waals surface area contributed by atoms with Crippen molar-refractivity contribution >= 4 is 11.5 Å². The minimum atomic E-state index is -0.571. The number of nitrogens with zero attached hydrogens (tertiary/aromatic N) is 6. The summed E-state index contributed by atoms with van der Waals surface area (Å²) in [5.41, 5.74) is 2.30. The van der Waals surface area contributed by atoms with Crippen LogP contribution in [0.1, 0.15) is 11.3 Å². The highest BCUT2D eigenvalue weighted by Gasteiger charge is 2.28. The highest BCUT2D eigenvalue weighted by Crippen LogP contribution is 2.29. The van der Waals surface area contributed by atoms with Crippen molar-refractivity contribution in [3.63, 3.8) is 0 Å². The quantitative estimate of drug-likeness (QED) is 0.777. The van der Waals surface area contributed by atoms with E-state index < -0.39 is 11.6 Å². The van der Waals surface area contributed by atoms with Gasteiger partial charge in [-0.15, -0.1) is 0 Å². The maximum atomic E-state index is 14.0. The number of benzene rings is 1. The molecule has 6 nitrogen and oxygen atoms in total. The van der Waals surface area contributed by atoms with Gasteiger partial charge in [0.15, 0.2) is 6.19 Å². The van der Waals surface area contributed by atoms with Gasteiger partial charge in [-0.25, -0.2) is 18.7 Å². The third kappa shape index (κ3) is 2.82. The predicted octanol–water partition coefficient (Wildman–Crippen LogP) is 1.88. The van der Waals surface area contributed by atoms with Gasteiger partial charge in [0.2, 0.25) is 0 Å². The second kappa shape index (κ2) is 6.16. The number of aromatic nitrogens is 2. The van der Waals surface area contributed by atoms with E-state index >= 15 is 0 Å². The molecule has 4 rings (SSSR count). The number of nitriles is 1. The van der Waals surface area contributed by atoms with Crippen molar-refractivity contribution in [2.24, 2.45) is 0 Å². The Bertz CT molecular complexity index is 842. The molecule has 0 atom stereocenters. The molecule has 0 N–H and O–H groups in total. The van der Waals surface area contributed by atoms with E-state index in [1.54, 1.807) is 4.90 Å². The Morgan fingerprint density at radius 2 is 1.76 bits per heavy atom. The van der Waals surface area contributed by atoms with Gasteiger partial charge in [-0.2, -0.15) is 5.26 Å². The van der Waals surface area contributed by atoms with Gasteiger partial charge in [0.05, 0.1) is 24.5 Å². The molecule has 0 radical (unpaired) electrons. The lowest BCUT2D eigenvalue weighted by Crippen LogP contribution is -2.47. The van der Waals surface area contributed by atoms with Crippen LogP contribution < -0.4 is 9.80 Å². The number of halogens is 2. The number of piperazine rings is 1. The van der Waals surface area contributed by atoms with Gasteiger partial charge in [-0.05, 0) is 12.1 Å². The van der Waals surface area contributed by atoms with Crippen molar-refractivity contribution in [2.45, 2.75) is 13.1 Å². The summed E-state index contributed by atoms with van der Waals surface area (Å²) in [7, 11) is 0. The van der Waals surface area contributed by atoms with Crippen LogP contribution in [-0.2, 0) is 13.1 Å². The average Bonchev–Trinajstić information content (AvgIpc) is 3.05. The molecule has 1 fully saturated rings. The van der Waals surface area contributed by atoms with Gasteiger partial charge in [0.25, 0.3) is 0 Å². The van der Waals surface area contributed by atoms with Crippen molar-refractivity contribution in [3.8, 4) is 6.19 Å². The fourth-order valence-corrected chi connectivity index (χ4v) is 3.40. The average molecular weight is 342 g/mol. The van der Waals surface area contributed by atoms with E-state index in [1.165, 1.54) is 18.5 Å². The molecule has 0 unspecified atom stereocenters. The van der Waals surface area contributed by atoms with Crippen LogP contribution in [0.25, 0.3) is 0 Å². The third-order valence-electron chi connectivity index (χ3n) is 4.67. The van der Waals surface area contributed by atoms with Gasteiger partial charge in [-0.3, -0.25) is 0 Å². The molecule has 3 heterocycles. The number of hydrogen-bond acceptors (Lipinski definition) is 6. The molecule has 1 saturated heterocycles. The Morgan fingerprint density at radius 1 is 1.00 bits per heavy atom. The molecule has 2 aromatic rings. The van der Waals surface area contributed by atoms with E-state index in [9.17, 15) is 8.78 Å². The first-order valence-corrected chi connectivity index (χ1v) is 8.08. The third-order valence-corrected chi connectivity index (χ3v) is 4.67. The van der Waals surface area contributed by atoms with Gasteiger partial charge in [-0.1, -0.05) is 0 Å². The maximum Gasteiger partial charge on any atom is 0.180 e. The molecule has 25 heavy (non-hydrogen) atoms. The zero-order valence-electron chi connectivity index (χ0n) is 13.5. The number of fused-ring (bicyclic) bond motifs is 1. The molecule has 1 aromatic heterocycles. The van der Waals surface area contributed by atoms with Crippen molar-refractivity contribution < 1.29 is 8.78 Å². The first-order valence-electron chi connectivity index (χ1n) is 8.08. The molecule has 128 valence electrons. The Morgan fingerprint density at radius 3 is 2.48 bits per heavy atom. The lowest BCUT2D eigenvalue weighted by Gasteiger charge is -2.37. The van der Waals surface area contributed by atoms with Crippen molar-refractivity contribution in [2.75, 3.05) is 36.0 Å². The van der Waals surface area contributed by atoms with Gasteiger partial charge in [0.1, 0.15) is 23.8 Å². The van der Waals surface area contributed by atoms with E-state index in [4.69, 9.17) is 5.26 Å². The van der Waals surface area contributed by atoms with E-state index in [-0.39, 0.29) is 0 Å². The standard InChI is InChI=1S/C17H16F2N6/c18-12-1-2-16(14(19)7-12)24-3-5-25(6-4-24)17-13-8-23(10-20)9-15(13)21-11-22-17/h1-2,7,11H,3-6,8-9H2. The molecular weight excluding hydrogens is 326 g/mol. The summed E-state index contributed by atoms with van der Waals surface area (Å²) < 4.78 is 27.0. The Hall–Kier alpha value is -2.95. The lowest BCUT2D eigenvalue weighted by atomic mass is 10.2. The van der Waals surface area contributed by atoms with E-state index in [2.05, 4.69) is 21.1 Å². The van der Waals surface area contributed by atoms with Crippen LogP contribution >= 0.6 is 0 Å². The summed E-state index contributed by atoms with van der Waals surface area (Å²) in [6.07, 6.45) is 3.68. The van der Waals surface area contributed by atoms with Gasteiger partial charge < -0.3 is 14.7 Å². The predicted molar refractivity (Wildman–Crippen MR) is 87.7 cm³/mol. The van der Waals surface area contributed by atoms with Crippen LogP contribution in [-0.4, -0.2) is 41.0 Å². The van der Waals surface area contributed by atoms with E-state index in [1.807, 2.05) is 4.90 Å². The van der Waals surface area contributed by atoms with Crippen LogP contribution in [0.15, 0.2) is 24.5 Å². The minimum absolute atomic E-state index is 0.421. The van der Waals surface area contributed by atoms with Crippen LogP contribution in [0.5, 0.6) is 0 Å². The zero-order chi connectivity index (χ0) is 17.4. The molecule has 0 spiro atoms. The van der Waals surface area contributed by atoms with E-state index in [0.717, 1.165) is 23.1 Å². The molecule has 0 bridgehead atoms. The lowest BCUT2D eigenvalue weighted by molar-refractivity contribution is 0.415. The molecule has 0 amide bonds. The van der Waals surface area contributed by atoms with Crippen LogP contribution in [0.2, 0.25) is 0 Å². The summed E-state index contributed by atoms with van der Waals surface area (Å²) in [4.78, 5) is 14.4. The second-order valence-corrected chi connectivity index (χ2v) is 6.15. The van der Waals surface area contributed by atoms with Crippen LogP contribution in [0, 0.1) is 23.1 Å². The SMILES string of the molecule is N#CN1Cc2ncnc(N3CCN(c4ccc(F)cc4F)CC3)c2C1. The smallest absolute Gasteiger partial charge is 0.180 e. The molecule has 0 aliphatic carbocycles.